The van der Waals surface area contributed by atoms with Gasteiger partial charge in [0.15, 0.2) is 0 Å². The largest absolute Gasteiger partial charge is 0.278 e. The summed E-state index contributed by atoms with van der Waals surface area (Å²) >= 11 is 0. The number of H-pyrrole nitrogens is 1. The van der Waals surface area contributed by atoms with Crippen LogP contribution in [-0.2, 0) is 9.59 Å². The van der Waals surface area contributed by atoms with Crippen LogP contribution in [0.4, 0.5) is 5.69 Å². The van der Waals surface area contributed by atoms with Crippen molar-refractivity contribution in [1.29, 1.82) is 0 Å². The summed E-state index contributed by atoms with van der Waals surface area (Å²) in [6, 6.07) is 9.04. The molecule has 5 nitrogen and oxygen atoms in total. The fourth-order valence-electron chi connectivity index (χ4n) is 2.04. The first kappa shape index (κ1) is 11.4. The Bertz CT molecular complexity index is 669. The number of amides is 2. The van der Waals surface area contributed by atoms with E-state index in [1.165, 1.54) is 11.0 Å². The van der Waals surface area contributed by atoms with E-state index in [0.717, 1.165) is 11.3 Å². The summed E-state index contributed by atoms with van der Waals surface area (Å²) in [5, 5.41) is 6.74. The number of carbonyl (C=O) groups is 2. The zero-order valence-electron chi connectivity index (χ0n) is 10.3. The van der Waals surface area contributed by atoms with Gasteiger partial charge >= 0.3 is 0 Å². The van der Waals surface area contributed by atoms with E-state index in [2.05, 4.69) is 10.2 Å². The number of anilines is 1. The highest BCUT2D eigenvalue weighted by Crippen LogP contribution is 2.25. The van der Waals surface area contributed by atoms with Crippen LogP contribution in [0.3, 0.4) is 0 Å². The van der Waals surface area contributed by atoms with Gasteiger partial charge in [-0.25, -0.2) is 4.90 Å². The fourth-order valence-corrected chi connectivity index (χ4v) is 2.04. The number of rotatable bonds is 2. The van der Waals surface area contributed by atoms with Gasteiger partial charge in [-0.2, -0.15) is 5.10 Å². The second kappa shape index (κ2) is 4.20. The van der Waals surface area contributed by atoms with Crippen molar-refractivity contribution >= 4 is 17.5 Å². The van der Waals surface area contributed by atoms with Crippen molar-refractivity contribution in [2.75, 3.05) is 4.90 Å². The maximum Gasteiger partial charge on any atom is 0.261 e. The van der Waals surface area contributed by atoms with Gasteiger partial charge in [-0.15, -0.1) is 0 Å². The molecule has 1 aromatic carbocycles. The predicted octanol–water partition coefficient (Wildman–Crippen LogP) is 1.90. The van der Waals surface area contributed by atoms with Crippen LogP contribution in [0.1, 0.15) is 6.92 Å². The molecule has 0 aliphatic carbocycles. The zero-order valence-corrected chi connectivity index (χ0v) is 10.3. The van der Waals surface area contributed by atoms with Crippen molar-refractivity contribution in [2.24, 2.45) is 0 Å². The smallest absolute Gasteiger partial charge is 0.261 e. The molecule has 0 saturated heterocycles. The third-order valence-corrected chi connectivity index (χ3v) is 3.04. The molecule has 0 atom stereocenters. The molecule has 2 aromatic rings. The molecule has 0 saturated carbocycles. The van der Waals surface area contributed by atoms with E-state index in [4.69, 9.17) is 0 Å². The van der Waals surface area contributed by atoms with Crippen molar-refractivity contribution < 1.29 is 9.59 Å². The average Bonchev–Trinajstić information content (AvgIpc) is 3.00. The normalized spacial score (nSPS) is 15.0. The molecule has 1 aliphatic heterocycles. The maximum absolute atomic E-state index is 11.9. The summed E-state index contributed by atoms with van der Waals surface area (Å²) < 4.78 is 0. The highest BCUT2D eigenvalue weighted by Gasteiger charge is 2.29. The molecule has 0 spiro atoms. The Kier molecular flexibility index (Phi) is 2.52. The topological polar surface area (TPSA) is 66.1 Å². The van der Waals surface area contributed by atoms with Crippen molar-refractivity contribution in [3.63, 3.8) is 0 Å². The monoisotopic (exact) mass is 253 g/mol. The molecule has 94 valence electrons. The lowest BCUT2D eigenvalue weighted by atomic mass is 10.1. The average molecular weight is 253 g/mol. The minimum absolute atomic E-state index is 0.265. The summed E-state index contributed by atoms with van der Waals surface area (Å²) in [6.07, 6.45) is 3.02. The molecule has 2 amide bonds. The third kappa shape index (κ3) is 1.85. The summed E-state index contributed by atoms with van der Waals surface area (Å²) in [6.45, 7) is 1.64. The van der Waals surface area contributed by atoms with Crippen molar-refractivity contribution in [2.45, 2.75) is 6.92 Å². The molecule has 1 N–H and O–H groups in total. The molecule has 0 radical (unpaired) electrons. The zero-order chi connectivity index (χ0) is 13.4. The van der Waals surface area contributed by atoms with Gasteiger partial charge in [0, 0.05) is 17.8 Å². The van der Waals surface area contributed by atoms with Crippen LogP contribution in [0.25, 0.3) is 11.3 Å². The highest BCUT2D eigenvalue weighted by atomic mass is 16.2. The molecular weight excluding hydrogens is 242 g/mol. The Morgan fingerprint density at radius 1 is 1.11 bits per heavy atom. The lowest BCUT2D eigenvalue weighted by molar-refractivity contribution is -0.120. The number of aromatic amines is 1. The minimum atomic E-state index is -0.295. The van der Waals surface area contributed by atoms with Crippen molar-refractivity contribution in [3.8, 4) is 11.3 Å². The number of hydrogen-bond acceptors (Lipinski definition) is 3. The van der Waals surface area contributed by atoms with E-state index >= 15 is 0 Å². The van der Waals surface area contributed by atoms with E-state index in [1.54, 1.807) is 25.3 Å². The van der Waals surface area contributed by atoms with E-state index in [-0.39, 0.29) is 11.8 Å². The first-order valence-corrected chi connectivity index (χ1v) is 5.83. The van der Waals surface area contributed by atoms with Crippen molar-refractivity contribution in [3.05, 3.63) is 48.2 Å². The second-order valence-electron chi connectivity index (χ2n) is 4.32. The van der Waals surface area contributed by atoms with Crippen LogP contribution in [0, 0.1) is 0 Å². The fraction of sp³-hybridized carbons (Fsp3) is 0.0714. The van der Waals surface area contributed by atoms with Gasteiger partial charge in [-0.1, -0.05) is 12.1 Å². The lowest BCUT2D eigenvalue weighted by Gasteiger charge is -2.14. The molecule has 0 unspecified atom stereocenters. The first-order chi connectivity index (χ1) is 9.16. The van der Waals surface area contributed by atoms with E-state index < -0.39 is 0 Å². The Balaban J connectivity index is 1.92. The maximum atomic E-state index is 11.9. The van der Waals surface area contributed by atoms with Crippen LogP contribution in [-0.4, -0.2) is 22.0 Å². The highest BCUT2D eigenvalue weighted by molar-refractivity contribution is 6.30. The second-order valence-corrected chi connectivity index (χ2v) is 4.32. The van der Waals surface area contributed by atoms with Gasteiger partial charge in [-0.05, 0) is 30.7 Å². The number of carbonyl (C=O) groups excluding carboxylic acids is 2. The molecule has 3 rings (SSSR count). The molecule has 0 bridgehead atoms. The molecule has 0 fully saturated rings. The summed E-state index contributed by atoms with van der Waals surface area (Å²) in [4.78, 5) is 24.7. The van der Waals surface area contributed by atoms with Gasteiger partial charge in [0.05, 0.1) is 11.4 Å². The van der Waals surface area contributed by atoms with Crippen LogP contribution in [0.15, 0.2) is 48.2 Å². The van der Waals surface area contributed by atoms with Gasteiger partial charge in [0.25, 0.3) is 11.8 Å². The minimum Gasteiger partial charge on any atom is -0.278 e. The summed E-state index contributed by atoms with van der Waals surface area (Å²) in [5.41, 5.74) is 2.87. The van der Waals surface area contributed by atoms with Gasteiger partial charge in [-0.3, -0.25) is 14.7 Å². The Morgan fingerprint density at radius 3 is 2.37 bits per heavy atom. The van der Waals surface area contributed by atoms with Gasteiger partial charge in [0.2, 0.25) is 0 Å². The Morgan fingerprint density at radius 2 is 1.84 bits per heavy atom. The molecule has 1 aromatic heterocycles. The van der Waals surface area contributed by atoms with Crippen LogP contribution < -0.4 is 4.90 Å². The summed E-state index contributed by atoms with van der Waals surface area (Å²) in [5.74, 6) is -0.559. The number of hydrogen-bond donors (Lipinski definition) is 1. The van der Waals surface area contributed by atoms with E-state index in [0.29, 0.717) is 11.3 Å². The third-order valence-electron chi connectivity index (χ3n) is 3.04. The molecule has 19 heavy (non-hydrogen) atoms. The lowest BCUT2D eigenvalue weighted by Crippen LogP contribution is -2.30. The van der Waals surface area contributed by atoms with Crippen LogP contribution >= 0.6 is 0 Å². The van der Waals surface area contributed by atoms with E-state index in [9.17, 15) is 9.59 Å². The standard InChI is InChI=1S/C14H11N3O2/c1-9-8-13(18)17(14(9)19)11-4-2-10(3-5-11)12-6-7-15-16-12/h2-8H,1H3,(H,15,16). The Hall–Kier alpha value is -2.69. The number of benzene rings is 1. The van der Waals surface area contributed by atoms with Crippen molar-refractivity contribution in [1.82, 2.24) is 10.2 Å². The number of nitrogens with one attached hydrogen (secondary N) is 1. The van der Waals surface area contributed by atoms with Crippen LogP contribution in [0.5, 0.6) is 0 Å². The summed E-state index contributed by atoms with van der Waals surface area (Å²) in [7, 11) is 0. The van der Waals surface area contributed by atoms with Gasteiger partial charge < -0.3 is 0 Å². The SMILES string of the molecule is CC1=CC(=O)N(c2ccc(-c3ccn[nH]3)cc2)C1=O. The number of nitrogens with zero attached hydrogens (tertiary/aromatic N) is 2. The van der Waals surface area contributed by atoms with E-state index in [1.807, 2.05) is 18.2 Å². The van der Waals surface area contributed by atoms with Gasteiger partial charge in [0.1, 0.15) is 0 Å². The Labute approximate surface area is 109 Å². The number of imide groups is 1. The predicted molar refractivity (Wildman–Crippen MR) is 70.3 cm³/mol. The quantitative estimate of drug-likeness (QED) is 0.831. The molecule has 5 heteroatoms. The molecular formula is C14H11N3O2. The van der Waals surface area contributed by atoms with Crippen LogP contribution in [0.2, 0.25) is 0 Å². The first-order valence-electron chi connectivity index (χ1n) is 5.83. The molecule has 1 aliphatic rings. The number of aromatic nitrogens is 2. The molecule has 2 heterocycles.